The third-order valence-corrected chi connectivity index (χ3v) is 3.56. The molecule has 1 heterocycles. The fourth-order valence-corrected chi connectivity index (χ4v) is 2.34. The zero-order valence-corrected chi connectivity index (χ0v) is 11.3. The molecule has 0 aliphatic carbocycles. The van der Waals surface area contributed by atoms with E-state index in [0.717, 1.165) is 30.8 Å². The Hall–Kier alpha value is -1.75. The van der Waals surface area contributed by atoms with E-state index in [2.05, 4.69) is 11.8 Å². The lowest BCUT2D eigenvalue weighted by Crippen LogP contribution is -2.42. The van der Waals surface area contributed by atoms with Gasteiger partial charge in [-0.05, 0) is 31.0 Å². The summed E-state index contributed by atoms with van der Waals surface area (Å²) in [6.07, 6.45) is 1.16. The highest BCUT2D eigenvalue weighted by atomic mass is 16.5. The Labute approximate surface area is 113 Å². The Morgan fingerprint density at radius 3 is 2.95 bits per heavy atom. The predicted molar refractivity (Wildman–Crippen MR) is 74.8 cm³/mol. The fraction of sp³-hybridized carbons (Fsp3) is 0.500. The minimum atomic E-state index is -0.984. The molecule has 1 atom stereocenters. The molecule has 0 spiro atoms. The smallest absolute Gasteiger partial charge is 0.337 e. The number of nitrogens with zero attached hydrogens (tertiary/aromatic N) is 1. The fourth-order valence-electron chi connectivity index (χ4n) is 2.34. The Morgan fingerprint density at radius 2 is 2.32 bits per heavy atom. The molecule has 5 nitrogen and oxygen atoms in total. The molecule has 2 rings (SSSR count). The molecule has 104 valence electrons. The average Bonchev–Trinajstić information content (AvgIpc) is 2.41. The maximum Gasteiger partial charge on any atom is 0.337 e. The van der Waals surface area contributed by atoms with Crippen molar-refractivity contribution in [2.75, 3.05) is 30.3 Å². The number of hydrogen-bond acceptors (Lipinski definition) is 4. The van der Waals surface area contributed by atoms with Gasteiger partial charge in [0, 0.05) is 24.5 Å². The molecule has 1 unspecified atom stereocenters. The zero-order valence-electron chi connectivity index (χ0n) is 11.3. The Kier molecular flexibility index (Phi) is 3.95. The van der Waals surface area contributed by atoms with Gasteiger partial charge in [-0.3, -0.25) is 0 Å². The second-order valence-electron chi connectivity index (χ2n) is 4.88. The maximum atomic E-state index is 11.2. The van der Waals surface area contributed by atoms with Gasteiger partial charge in [0.1, 0.15) is 0 Å². The van der Waals surface area contributed by atoms with Crippen LogP contribution in [0.2, 0.25) is 0 Å². The Morgan fingerprint density at radius 1 is 1.58 bits per heavy atom. The highest BCUT2D eigenvalue weighted by molar-refractivity contribution is 5.95. The van der Waals surface area contributed by atoms with Crippen LogP contribution in [0.25, 0.3) is 0 Å². The van der Waals surface area contributed by atoms with Gasteiger partial charge in [-0.15, -0.1) is 0 Å². The molecule has 1 aliphatic rings. The van der Waals surface area contributed by atoms with Crippen molar-refractivity contribution in [2.45, 2.75) is 26.4 Å². The molecule has 0 bridgehead atoms. The predicted octanol–water partition coefficient (Wildman–Crippen LogP) is 1.89. The first-order chi connectivity index (χ1) is 9.02. The van der Waals surface area contributed by atoms with Gasteiger partial charge in [-0.2, -0.15) is 0 Å². The zero-order chi connectivity index (χ0) is 14.0. The SMILES string of the molecule is CCC1CN(c2cc(C)c(N)c(C(=O)O)c2)CCO1. The van der Waals surface area contributed by atoms with Gasteiger partial charge in [-0.1, -0.05) is 6.92 Å². The van der Waals surface area contributed by atoms with Crippen LogP contribution in [-0.4, -0.2) is 36.9 Å². The van der Waals surface area contributed by atoms with Gasteiger partial charge in [0.25, 0.3) is 0 Å². The molecule has 0 amide bonds. The summed E-state index contributed by atoms with van der Waals surface area (Å²) in [5.41, 5.74) is 8.04. The van der Waals surface area contributed by atoms with Crippen molar-refractivity contribution < 1.29 is 14.6 Å². The van der Waals surface area contributed by atoms with E-state index in [4.69, 9.17) is 10.5 Å². The summed E-state index contributed by atoms with van der Waals surface area (Å²) in [6, 6.07) is 3.60. The average molecular weight is 264 g/mol. The van der Waals surface area contributed by atoms with E-state index in [1.165, 1.54) is 0 Å². The van der Waals surface area contributed by atoms with E-state index in [0.29, 0.717) is 12.3 Å². The van der Waals surface area contributed by atoms with Crippen molar-refractivity contribution in [3.63, 3.8) is 0 Å². The van der Waals surface area contributed by atoms with Crippen LogP contribution < -0.4 is 10.6 Å². The summed E-state index contributed by atoms with van der Waals surface area (Å²) in [5, 5.41) is 9.19. The van der Waals surface area contributed by atoms with Crippen LogP contribution in [0.3, 0.4) is 0 Å². The molecular weight excluding hydrogens is 244 g/mol. The van der Waals surface area contributed by atoms with Crippen LogP contribution in [-0.2, 0) is 4.74 Å². The molecule has 1 aliphatic heterocycles. The standard InChI is InChI=1S/C14H20N2O3/c1-3-11-8-16(4-5-19-11)10-6-9(2)13(15)12(7-10)14(17)18/h6-7,11H,3-5,8,15H2,1-2H3,(H,17,18). The van der Waals surface area contributed by atoms with Crippen LogP contribution >= 0.6 is 0 Å². The number of morpholine rings is 1. The molecule has 0 saturated carbocycles. The summed E-state index contributed by atoms with van der Waals surface area (Å²) in [6.45, 7) is 6.16. The summed E-state index contributed by atoms with van der Waals surface area (Å²) in [5.74, 6) is -0.984. The minimum absolute atomic E-state index is 0.176. The van der Waals surface area contributed by atoms with Crippen LogP contribution in [0.15, 0.2) is 12.1 Å². The topological polar surface area (TPSA) is 75.8 Å². The summed E-state index contributed by atoms with van der Waals surface area (Å²) < 4.78 is 5.63. The lowest BCUT2D eigenvalue weighted by molar-refractivity contribution is 0.0384. The Bertz CT molecular complexity index is 488. The summed E-state index contributed by atoms with van der Waals surface area (Å²) in [4.78, 5) is 13.4. The minimum Gasteiger partial charge on any atom is -0.478 e. The van der Waals surface area contributed by atoms with Gasteiger partial charge < -0.3 is 20.5 Å². The molecule has 1 fully saturated rings. The van der Waals surface area contributed by atoms with Crippen LogP contribution in [0.5, 0.6) is 0 Å². The number of carboxylic acids is 1. The van der Waals surface area contributed by atoms with Gasteiger partial charge >= 0.3 is 5.97 Å². The van der Waals surface area contributed by atoms with E-state index in [-0.39, 0.29) is 11.7 Å². The number of hydrogen-bond donors (Lipinski definition) is 2. The number of anilines is 2. The molecule has 0 aromatic heterocycles. The number of nitrogen functional groups attached to an aromatic ring is 1. The van der Waals surface area contributed by atoms with Crippen molar-refractivity contribution in [2.24, 2.45) is 0 Å². The largest absolute Gasteiger partial charge is 0.478 e. The van der Waals surface area contributed by atoms with Crippen LogP contribution in [0.1, 0.15) is 29.3 Å². The van der Waals surface area contributed by atoms with Crippen molar-refractivity contribution >= 4 is 17.3 Å². The number of rotatable bonds is 3. The highest BCUT2D eigenvalue weighted by Gasteiger charge is 2.21. The van der Waals surface area contributed by atoms with Crippen LogP contribution in [0.4, 0.5) is 11.4 Å². The lowest BCUT2D eigenvalue weighted by atomic mass is 10.1. The molecular formula is C14H20N2O3. The molecule has 1 aromatic rings. The molecule has 3 N–H and O–H groups in total. The number of carbonyl (C=O) groups is 1. The van der Waals surface area contributed by atoms with Gasteiger partial charge in [0.15, 0.2) is 0 Å². The summed E-state index contributed by atoms with van der Waals surface area (Å²) in [7, 11) is 0. The first-order valence-electron chi connectivity index (χ1n) is 6.53. The van der Waals surface area contributed by atoms with Gasteiger partial charge in [-0.25, -0.2) is 4.79 Å². The number of aryl methyl sites for hydroxylation is 1. The number of ether oxygens (including phenoxy) is 1. The number of carboxylic acid groups (broad SMARTS) is 1. The first kappa shape index (κ1) is 13.7. The van der Waals surface area contributed by atoms with E-state index < -0.39 is 5.97 Å². The van der Waals surface area contributed by atoms with Crippen molar-refractivity contribution in [1.29, 1.82) is 0 Å². The second kappa shape index (κ2) is 5.48. The Balaban J connectivity index is 2.32. The normalized spacial score (nSPS) is 19.5. The molecule has 1 saturated heterocycles. The molecule has 5 heteroatoms. The lowest BCUT2D eigenvalue weighted by Gasteiger charge is -2.34. The van der Waals surface area contributed by atoms with E-state index in [9.17, 15) is 9.90 Å². The maximum absolute atomic E-state index is 11.2. The first-order valence-corrected chi connectivity index (χ1v) is 6.53. The molecule has 19 heavy (non-hydrogen) atoms. The monoisotopic (exact) mass is 264 g/mol. The summed E-state index contributed by atoms with van der Waals surface area (Å²) >= 11 is 0. The van der Waals surface area contributed by atoms with Gasteiger partial charge in [0.2, 0.25) is 0 Å². The van der Waals surface area contributed by atoms with E-state index in [1.807, 2.05) is 13.0 Å². The number of aromatic carboxylic acids is 1. The number of benzene rings is 1. The third kappa shape index (κ3) is 2.81. The van der Waals surface area contributed by atoms with E-state index in [1.54, 1.807) is 6.07 Å². The molecule has 1 aromatic carbocycles. The van der Waals surface area contributed by atoms with Crippen molar-refractivity contribution in [3.8, 4) is 0 Å². The van der Waals surface area contributed by atoms with E-state index >= 15 is 0 Å². The molecule has 0 radical (unpaired) electrons. The highest BCUT2D eigenvalue weighted by Crippen LogP contribution is 2.27. The van der Waals surface area contributed by atoms with Gasteiger partial charge in [0.05, 0.1) is 18.3 Å². The van der Waals surface area contributed by atoms with Crippen LogP contribution in [0, 0.1) is 6.92 Å². The second-order valence-corrected chi connectivity index (χ2v) is 4.88. The van der Waals surface area contributed by atoms with Crippen molar-refractivity contribution in [3.05, 3.63) is 23.3 Å². The van der Waals surface area contributed by atoms with Crippen molar-refractivity contribution in [1.82, 2.24) is 0 Å². The quantitative estimate of drug-likeness (QED) is 0.815. The third-order valence-electron chi connectivity index (χ3n) is 3.56. The number of nitrogens with two attached hydrogens (primary N) is 1.